The number of hydrogen-bond acceptors (Lipinski definition) is 3. The van der Waals surface area contributed by atoms with Crippen LogP contribution in [-0.4, -0.2) is 30.2 Å². The van der Waals surface area contributed by atoms with Crippen LogP contribution in [0.4, 0.5) is 13.2 Å². The molecule has 0 aromatic carbocycles. The number of nitrogens with zero attached hydrogens (tertiary/aromatic N) is 1. The molecule has 0 unspecified atom stereocenters. The zero-order chi connectivity index (χ0) is 15.4. The minimum atomic E-state index is -4.11. The van der Waals surface area contributed by atoms with Crippen molar-refractivity contribution in [2.45, 2.75) is 52.0 Å². The first kappa shape index (κ1) is 17.0. The Bertz CT molecular complexity index is 407. The minimum absolute atomic E-state index is 0.00352. The third-order valence-electron chi connectivity index (χ3n) is 2.71. The van der Waals surface area contributed by atoms with Gasteiger partial charge in [0, 0.05) is 12.1 Å². The van der Waals surface area contributed by atoms with Gasteiger partial charge in [0.25, 0.3) is 0 Å². The molecule has 6 heteroatoms. The predicted molar refractivity (Wildman–Crippen MR) is 72.3 cm³/mol. The van der Waals surface area contributed by atoms with Crippen molar-refractivity contribution in [1.29, 1.82) is 0 Å². The van der Waals surface area contributed by atoms with Crippen LogP contribution < -0.4 is 5.32 Å². The van der Waals surface area contributed by atoms with Crippen molar-refractivity contribution in [1.82, 2.24) is 10.2 Å². The van der Waals surface area contributed by atoms with Crippen LogP contribution in [0.15, 0.2) is 16.5 Å². The van der Waals surface area contributed by atoms with E-state index in [0.717, 1.165) is 5.76 Å². The van der Waals surface area contributed by atoms with Gasteiger partial charge in [-0.15, -0.1) is 0 Å². The predicted octanol–water partition coefficient (Wildman–Crippen LogP) is 3.55. The van der Waals surface area contributed by atoms with Crippen LogP contribution in [0.2, 0.25) is 0 Å². The highest BCUT2D eigenvalue weighted by atomic mass is 19.4. The van der Waals surface area contributed by atoms with Gasteiger partial charge in [0.15, 0.2) is 0 Å². The van der Waals surface area contributed by atoms with Crippen LogP contribution in [-0.2, 0) is 13.1 Å². The fourth-order valence-electron chi connectivity index (χ4n) is 1.62. The van der Waals surface area contributed by atoms with Crippen molar-refractivity contribution >= 4 is 0 Å². The van der Waals surface area contributed by atoms with Gasteiger partial charge < -0.3 is 9.73 Å². The minimum Gasteiger partial charge on any atom is -0.463 e. The van der Waals surface area contributed by atoms with E-state index in [1.54, 1.807) is 11.9 Å². The number of rotatable bonds is 6. The molecule has 0 aliphatic rings. The molecule has 1 rings (SSSR count). The molecule has 1 heterocycles. The van der Waals surface area contributed by atoms with E-state index in [1.807, 2.05) is 12.1 Å². The summed E-state index contributed by atoms with van der Waals surface area (Å²) in [6.07, 6.45) is -4.91. The first-order valence-corrected chi connectivity index (χ1v) is 6.63. The lowest BCUT2D eigenvalue weighted by Crippen LogP contribution is -2.34. The number of hydrogen-bond donors (Lipinski definition) is 1. The van der Waals surface area contributed by atoms with Crippen molar-refractivity contribution in [3.8, 4) is 0 Å². The molecule has 0 bridgehead atoms. The second-order valence-electron chi connectivity index (χ2n) is 6.07. The molecular formula is C14H23F3N2O. The summed E-state index contributed by atoms with van der Waals surface area (Å²) in [4.78, 5) is 1.60. The summed E-state index contributed by atoms with van der Waals surface area (Å²) in [6.45, 7) is 7.13. The average Bonchev–Trinajstić information content (AvgIpc) is 2.70. The maximum Gasteiger partial charge on any atom is 0.390 e. The van der Waals surface area contributed by atoms with E-state index in [2.05, 4.69) is 26.1 Å². The summed E-state index contributed by atoms with van der Waals surface area (Å²) in [7, 11) is 1.65. The SMILES string of the molecule is CN(CCC(F)(F)F)Cc1ccc(CNC(C)(C)C)o1. The van der Waals surface area contributed by atoms with Gasteiger partial charge in [-0.1, -0.05) is 0 Å². The Labute approximate surface area is 118 Å². The average molecular weight is 292 g/mol. The molecule has 0 saturated carbocycles. The molecule has 0 aliphatic carbocycles. The normalized spacial score (nSPS) is 13.2. The Morgan fingerprint density at radius 1 is 1.15 bits per heavy atom. The lowest BCUT2D eigenvalue weighted by Gasteiger charge is -2.19. The molecule has 0 saturated heterocycles. The smallest absolute Gasteiger partial charge is 0.390 e. The van der Waals surface area contributed by atoms with Crippen molar-refractivity contribution in [3.63, 3.8) is 0 Å². The molecule has 0 radical (unpaired) electrons. The van der Waals surface area contributed by atoms with E-state index in [1.165, 1.54) is 0 Å². The second kappa shape index (κ2) is 6.63. The van der Waals surface area contributed by atoms with Crippen molar-refractivity contribution in [3.05, 3.63) is 23.7 Å². The Morgan fingerprint density at radius 3 is 2.30 bits per heavy atom. The van der Waals surface area contributed by atoms with Gasteiger partial charge in [-0.05, 0) is 40.0 Å². The molecular weight excluding hydrogens is 269 g/mol. The van der Waals surface area contributed by atoms with E-state index in [0.29, 0.717) is 18.8 Å². The summed E-state index contributed by atoms with van der Waals surface area (Å²) >= 11 is 0. The Morgan fingerprint density at radius 2 is 1.75 bits per heavy atom. The molecule has 1 aromatic rings. The molecule has 0 fully saturated rings. The third-order valence-corrected chi connectivity index (χ3v) is 2.71. The number of alkyl halides is 3. The molecule has 20 heavy (non-hydrogen) atoms. The van der Waals surface area contributed by atoms with Crippen LogP contribution in [0.5, 0.6) is 0 Å². The Kier molecular flexibility index (Phi) is 5.65. The lowest BCUT2D eigenvalue weighted by molar-refractivity contribution is -0.137. The summed E-state index contributed by atoms with van der Waals surface area (Å²) in [5.74, 6) is 1.47. The highest BCUT2D eigenvalue weighted by molar-refractivity contribution is 5.07. The highest BCUT2D eigenvalue weighted by Gasteiger charge is 2.27. The van der Waals surface area contributed by atoms with Gasteiger partial charge in [0.05, 0.1) is 19.5 Å². The van der Waals surface area contributed by atoms with Crippen LogP contribution in [0.25, 0.3) is 0 Å². The monoisotopic (exact) mass is 292 g/mol. The van der Waals surface area contributed by atoms with Gasteiger partial charge in [-0.25, -0.2) is 0 Å². The van der Waals surface area contributed by atoms with Gasteiger partial charge in [0.1, 0.15) is 11.5 Å². The second-order valence-corrected chi connectivity index (χ2v) is 6.07. The number of furan rings is 1. The van der Waals surface area contributed by atoms with Gasteiger partial charge >= 0.3 is 6.18 Å². The fourth-order valence-corrected chi connectivity index (χ4v) is 1.62. The summed E-state index contributed by atoms with van der Waals surface area (Å²) in [5, 5.41) is 3.29. The summed E-state index contributed by atoms with van der Waals surface area (Å²) in [5.41, 5.74) is -0.00352. The van der Waals surface area contributed by atoms with Crippen molar-refractivity contribution < 1.29 is 17.6 Å². The largest absolute Gasteiger partial charge is 0.463 e. The van der Waals surface area contributed by atoms with Crippen molar-refractivity contribution in [2.75, 3.05) is 13.6 Å². The third kappa shape index (κ3) is 7.55. The highest BCUT2D eigenvalue weighted by Crippen LogP contribution is 2.20. The first-order valence-electron chi connectivity index (χ1n) is 6.63. The van der Waals surface area contributed by atoms with Crippen molar-refractivity contribution in [2.24, 2.45) is 0 Å². The number of nitrogens with one attached hydrogen (secondary N) is 1. The van der Waals surface area contributed by atoms with Crippen LogP contribution >= 0.6 is 0 Å². The standard InChI is InChI=1S/C14H23F3N2O/c1-13(2,3)18-9-11-5-6-12(20-11)10-19(4)8-7-14(15,16)17/h5-6,18H,7-10H2,1-4H3. The molecule has 116 valence electrons. The molecule has 0 spiro atoms. The molecule has 3 nitrogen and oxygen atoms in total. The van der Waals surface area contributed by atoms with E-state index >= 15 is 0 Å². The maximum atomic E-state index is 12.1. The van der Waals surface area contributed by atoms with E-state index in [-0.39, 0.29) is 12.1 Å². The Balaban J connectivity index is 2.40. The molecule has 1 aromatic heterocycles. The van der Waals surface area contributed by atoms with E-state index in [4.69, 9.17) is 4.42 Å². The summed E-state index contributed by atoms with van der Waals surface area (Å²) < 4.78 is 41.9. The molecule has 0 amide bonds. The zero-order valence-electron chi connectivity index (χ0n) is 12.5. The van der Waals surface area contributed by atoms with E-state index in [9.17, 15) is 13.2 Å². The first-order chi connectivity index (χ1) is 9.05. The van der Waals surface area contributed by atoms with E-state index < -0.39 is 12.6 Å². The topological polar surface area (TPSA) is 28.4 Å². The molecule has 0 atom stereocenters. The lowest BCUT2D eigenvalue weighted by atomic mass is 10.1. The summed E-state index contributed by atoms with van der Waals surface area (Å²) in [6, 6.07) is 3.66. The van der Waals surface area contributed by atoms with Gasteiger partial charge in [0.2, 0.25) is 0 Å². The number of halogens is 3. The van der Waals surface area contributed by atoms with Gasteiger partial charge in [-0.2, -0.15) is 13.2 Å². The van der Waals surface area contributed by atoms with Crippen LogP contribution in [0.3, 0.4) is 0 Å². The molecule has 1 N–H and O–H groups in total. The fraction of sp³-hybridized carbons (Fsp3) is 0.714. The Hall–Kier alpha value is -1.01. The molecule has 0 aliphatic heterocycles. The van der Waals surface area contributed by atoms with Gasteiger partial charge in [-0.3, -0.25) is 4.90 Å². The maximum absolute atomic E-state index is 12.1. The van der Waals surface area contributed by atoms with Crippen LogP contribution in [0, 0.1) is 0 Å². The quantitative estimate of drug-likeness (QED) is 0.869. The zero-order valence-corrected chi connectivity index (χ0v) is 12.5. The van der Waals surface area contributed by atoms with Crippen LogP contribution in [0.1, 0.15) is 38.7 Å².